The van der Waals surface area contributed by atoms with E-state index in [1.54, 1.807) is 32.0 Å². The lowest BCUT2D eigenvalue weighted by atomic mass is 10.2. The summed E-state index contributed by atoms with van der Waals surface area (Å²) in [5.74, 6) is -0.822. The lowest BCUT2D eigenvalue weighted by Gasteiger charge is -2.17. The van der Waals surface area contributed by atoms with Crippen LogP contribution in [0.1, 0.15) is 24.2 Å². The van der Waals surface area contributed by atoms with Gasteiger partial charge in [-0.1, -0.05) is 23.3 Å². The highest BCUT2D eigenvalue weighted by atomic mass is 16.8. The van der Waals surface area contributed by atoms with E-state index in [4.69, 9.17) is 0 Å². The maximum absolute atomic E-state index is 12.1. The number of benzene rings is 1. The van der Waals surface area contributed by atoms with Crippen molar-refractivity contribution in [2.24, 2.45) is 0 Å². The van der Waals surface area contributed by atoms with Crippen molar-refractivity contribution in [3.63, 3.8) is 0 Å². The molecule has 1 aromatic carbocycles. The summed E-state index contributed by atoms with van der Waals surface area (Å²) in [4.78, 5) is 39.6. The van der Waals surface area contributed by atoms with Gasteiger partial charge in [0.15, 0.2) is 0 Å². The van der Waals surface area contributed by atoms with E-state index >= 15 is 0 Å². The predicted octanol–water partition coefficient (Wildman–Crippen LogP) is 2.37. The molecule has 0 spiro atoms. The second-order valence-electron chi connectivity index (χ2n) is 3.44. The second-order valence-corrected chi connectivity index (χ2v) is 3.44. The summed E-state index contributed by atoms with van der Waals surface area (Å²) in [6, 6.07) is 7.88. The van der Waals surface area contributed by atoms with E-state index in [2.05, 4.69) is 14.3 Å². The van der Waals surface area contributed by atoms with Crippen molar-refractivity contribution in [2.45, 2.75) is 13.8 Å². The topological polar surface area (TPSA) is 82.1 Å². The normalized spacial score (nSPS) is 9.50. The van der Waals surface area contributed by atoms with Crippen molar-refractivity contribution in [1.29, 1.82) is 0 Å². The molecule has 0 heterocycles. The van der Waals surface area contributed by atoms with E-state index < -0.39 is 18.2 Å². The molecule has 0 radical (unpaired) electrons. The monoisotopic (exact) mass is 281 g/mol. The molecule has 1 rings (SSSR count). The molecule has 0 saturated carbocycles. The van der Waals surface area contributed by atoms with Crippen LogP contribution in [0.5, 0.6) is 0 Å². The molecule has 0 aliphatic heterocycles. The van der Waals surface area contributed by atoms with E-state index in [0.717, 1.165) is 0 Å². The Bertz CT molecular complexity index is 473. The molecule has 0 aliphatic rings. The van der Waals surface area contributed by atoms with Crippen LogP contribution in [-0.4, -0.2) is 36.4 Å². The molecule has 2 amide bonds. The largest absolute Gasteiger partial charge is 0.534 e. The van der Waals surface area contributed by atoms with Gasteiger partial charge in [0.05, 0.1) is 13.2 Å². The zero-order valence-corrected chi connectivity index (χ0v) is 11.2. The first-order valence-corrected chi connectivity index (χ1v) is 6.01. The zero-order valence-electron chi connectivity index (χ0n) is 11.2. The molecule has 0 N–H and O–H groups in total. The van der Waals surface area contributed by atoms with Crippen LogP contribution in [-0.2, 0) is 14.3 Å². The number of carbonyl (C=O) groups excluding carboxylic acids is 3. The minimum absolute atomic E-state index is 0.0313. The van der Waals surface area contributed by atoms with Crippen molar-refractivity contribution >= 4 is 18.2 Å². The number of carbonyl (C=O) groups is 3. The van der Waals surface area contributed by atoms with Crippen LogP contribution in [0, 0.1) is 0 Å². The summed E-state index contributed by atoms with van der Waals surface area (Å²) in [6.07, 6.45) is -2.25. The number of hydrogen-bond donors (Lipinski definition) is 0. The van der Waals surface area contributed by atoms with Crippen molar-refractivity contribution in [1.82, 2.24) is 5.06 Å². The van der Waals surface area contributed by atoms with Crippen molar-refractivity contribution in [3.8, 4) is 0 Å². The fourth-order valence-electron chi connectivity index (χ4n) is 1.26. The quantitative estimate of drug-likeness (QED) is 0.625. The van der Waals surface area contributed by atoms with Gasteiger partial charge in [-0.2, -0.15) is 0 Å². The molecule has 0 aromatic heterocycles. The van der Waals surface area contributed by atoms with E-state index in [-0.39, 0.29) is 23.8 Å². The first-order valence-electron chi connectivity index (χ1n) is 6.01. The van der Waals surface area contributed by atoms with Gasteiger partial charge in [-0.05, 0) is 26.0 Å². The van der Waals surface area contributed by atoms with Crippen LogP contribution in [0.15, 0.2) is 30.3 Å². The Morgan fingerprint density at radius 3 is 2.15 bits per heavy atom. The summed E-state index contributed by atoms with van der Waals surface area (Å²) in [5.41, 5.74) is 0.171. The van der Waals surface area contributed by atoms with Crippen LogP contribution in [0.3, 0.4) is 0 Å². The number of ether oxygens (including phenoxy) is 2. The van der Waals surface area contributed by atoms with Gasteiger partial charge in [0, 0.05) is 5.56 Å². The average molecular weight is 281 g/mol. The van der Waals surface area contributed by atoms with E-state index in [0.29, 0.717) is 0 Å². The number of rotatable bonds is 3. The fourth-order valence-corrected chi connectivity index (χ4v) is 1.26. The van der Waals surface area contributed by atoms with Crippen LogP contribution in [0.2, 0.25) is 0 Å². The Hall–Kier alpha value is -2.57. The molecule has 0 bridgehead atoms. The fraction of sp³-hybridized carbons (Fsp3) is 0.308. The van der Waals surface area contributed by atoms with Crippen molar-refractivity contribution in [2.75, 3.05) is 13.2 Å². The number of imide groups is 1. The summed E-state index contributed by atoms with van der Waals surface area (Å²) in [5, 5.41) is 0.233. The van der Waals surface area contributed by atoms with Crippen LogP contribution >= 0.6 is 0 Å². The molecule has 7 heteroatoms. The molecule has 0 unspecified atom stereocenters. The molecular weight excluding hydrogens is 266 g/mol. The molecule has 7 nitrogen and oxygen atoms in total. The van der Waals surface area contributed by atoms with Gasteiger partial charge in [-0.15, -0.1) is 0 Å². The SMILES string of the molecule is CCOC(=O)ON(C(=O)OCC)C(=O)c1ccccc1. The van der Waals surface area contributed by atoms with Gasteiger partial charge in [0.1, 0.15) is 0 Å². The first-order chi connectivity index (χ1) is 9.60. The van der Waals surface area contributed by atoms with Gasteiger partial charge in [-0.3, -0.25) is 9.63 Å². The lowest BCUT2D eigenvalue weighted by Crippen LogP contribution is -2.39. The summed E-state index contributed by atoms with van der Waals surface area (Å²) >= 11 is 0. The molecule has 108 valence electrons. The van der Waals surface area contributed by atoms with E-state index in [1.807, 2.05) is 0 Å². The minimum atomic E-state index is -1.16. The summed E-state index contributed by atoms with van der Waals surface area (Å²) < 4.78 is 9.18. The van der Waals surface area contributed by atoms with Crippen LogP contribution in [0.4, 0.5) is 9.59 Å². The molecular formula is C13H15NO6. The smallest absolute Gasteiger partial charge is 0.447 e. The molecule has 0 atom stereocenters. The number of hydroxylamine groups is 2. The number of hydrogen-bond acceptors (Lipinski definition) is 6. The van der Waals surface area contributed by atoms with Gasteiger partial charge >= 0.3 is 12.2 Å². The van der Waals surface area contributed by atoms with Crippen LogP contribution < -0.4 is 0 Å². The Labute approximate surface area is 116 Å². The average Bonchev–Trinajstić information content (AvgIpc) is 2.45. The molecule has 0 aliphatic carbocycles. The molecule has 1 aromatic rings. The minimum Gasteiger partial charge on any atom is -0.447 e. The molecule has 20 heavy (non-hydrogen) atoms. The first kappa shape index (κ1) is 15.5. The predicted molar refractivity (Wildman–Crippen MR) is 67.7 cm³/mol. The number of amides is 2. The highest BCUT2D eigenvalue weighted by molar-refractivity contribution is 6.02. The van der Waals surface area contributed by atoms with E-state index in [1.165, 1.54) is 12.1 Å². The third-order valence-corrected chi connectivity index (χ3v) is 2.07. The Kier molecular flexibility index (Phi) is 6.02. The van der Waals surface area contributed by atoms with Gasteiger partial charge < -0.3 is 9.47 Å². The maximum Gasteiger partial charge on any atom is 0.534 e. The molecule has 0 fully saturated rings. The van der Waals surface area contributed by atoms with Gasteiger partial charge in [0.25, 0.3) is 5.91 Å². The maximum atomic E-state index is 12.1. The van der Waals surface area contributed by atoms with Gasteiger partial charge in [-0.25, -0.2) is 9.59 Å². The summed E-state index contributed by atoms with van der Waals surface area (Å²) in [7, 11) is 0. The Balaban J connectivity index is 2.89. The third kappa shape index (κ3) is 4.27. The van der Waals surface area contributed by atoms with E-state index in [9.17, 15) is 14.4 Å². The second kappa shape index (κ2) is 7.78. The third-order valence-electron chi connectivity index (χ3n) is 2.07. The van der Waals surface area contributed by atoms with Crippen molar-refractivity contribution in [3.05, 3.63) is 35.9 Å². The highest BCUT2D eigenvalue weighted by Crippen LogP contribution is 2.08. The standard InChI is InChI=1S/C13H15NO6/c1-3-18-12(16)14(20-13(17)19-4-2)11(15)10-8-6-5-7-9-10/h5-9H,3-4H2,1-2H3. The summed E-state index contributed by atoms with van der Waals surface area (Å²) in [6.45, 7) is 3.21. The van der Waals surface area contributed by atoms with Crippen molar-refractivity contribution < 1.29 is 28.7 Å². The lowest BCUT2D eigenvalue weighted by molar-refractivity contribution is -0.0856. The zero-order chi connectivity index (χ0) is 15.0. The van der Waals surface area contributed by atoms with Crippen LogP contribution in [0.25, 0.3) is 0 Å². The highest BCUT2D eigenvalue weighted by Gasteiger charge is 2.29. The van der Waals surface area contributed by atoms with Gasteiger partial charge in [0.2, 0.25) is 0 Å². The Morgan fingerprint density at radius 2 is 1.60 bits per heavy atom. The molecule has 0 saturated heterocycles. The Morgan fingerprint density at radius 1 is 1.00 bits per heavy atom. The number of nitrogens with zero attached hydrogens (tertiary/aromatic N) is 1.